The summed E-state index contributed by atoms with van der Waals surface area (Å²) in [6, 6.07) is 16.7. The Hall–Kier alpha value is -1.83. The van der Waals surface area contributed by atoms with Gasteiger partial charge in [-0.15, -0.1) is 10.2 Å². The fourth-order valence-corrected chi connectivity index (χ4v) is 4.21. The van der Waals surface area contributed by atoms with Crippen LogP contribution < -0.4 is 4.74 Å². The minimum absolute atomic E-state index is 0.0622. The van der Waals surface area contributed by atoms with Crippen LogP contribution in [0.4, 0.5) is 0 Å². The van der Waals surface area contributed by atoms with Crippen LogP contribution >= 0.6 is 34.9 Å². The largest absolute Gasteiger partial charge is 0.457 e. The Kier molecular flexibility index (Phi) is 5.90. The average Bonchev–Trinajstić information content (AvgIpc) is 3.09. The second kappa shape index (κ2) is 8.32. The van der Waals surface area contributed by atoms with Crippen molar-refractivity contribution < 1.29 is 9.53 Å². The number of ether oxygens (including phenoxy) is 1. The van der Waals surface area contributed by atoms with E-state index in [1.807, 2.05) is 48.7 Å². The fourth-order valence-electron chi connectivity index (χ4n) is 1.88. The third-order valence-corrected chi connectivity index (χ3v) is 6.08. The van der Waals surface area contributed by atoms with Gasteiger partial charge in [-0.3, -0.25) is 4.79 Å². The van der Waals surface area contributed by atoms with Crippen molar-refractivity contribution in [2.75, 3.05) is 12.0 Å². The third kappa shape index (κ3) is 4.59. The summed E-state index contributed by atoms with van der Waals surface area (Å²) in [5, 5.41) is 8.07. The number of para-hydroxylation sites is 1. The van der Waals surface area contributed by atoms with Crippen LogP contribution in [-0.4, -0.2) is 28.0 Å². The lowest BCUT2D eigenvalue weighted by Gasteiger charge is -2.06. The molecule has 0 aliphatic heterocycles. The van der Waals surface area contributed by atoms with E-state index in [1.54, 1.807) is 23.9 Å². The molecule has 0 atom stereocenters. The molecule has 0 aliphatic carbocycles. The summed E-state index contributed by atoms with van der Waals surface area (Å²) in [6.07, 6.45) is 1.96. The average molecular weight is 375 g/mol. The summed E-state index contributed by atoms with van der Waals surface area (Å²) in [4.78, 5) is 12.3. The summed E-state index contributed by atoms with van der Waals surface area (Å²) in [5.74, 6) is 1.89. The molecule has 0 radical (unpaired) electrons. The highest BCUT2D eigenvalue weighted by Crippen LogP contribution is 2.28. The first-order valence-electron chi connectivity index (χ1n) is 7.11. The molecule has 2 aromatic carbocycles. The van der Waals surface area contributed by atoms with Gasteiger partial charge in [0.25, 0.3) is 0 Å². The van der Waals surface area contributed by atoms with Gasteiger partial charge in [0, 0.05) is 5.56 Å². The van der Waals surface area contributed by atoms with Crippen molar-refractivity contribution in [1.29, 1.82) is 0 Å². The molecule has 0 spiro atoms. The van der Waals surface area contributed by atoms with Gasteiger partial charge in [-0.25, -0.2) is 0 Å². The molecule has 0 aliphatic rings. The summed E-state index contributed by atoms with van der Waals surface area (Å²) in [5.41, 5.74) is 0.664. The Balaban J connectivity index is 1.57. The quantitative estimate of drug-likeness (QED) is 0.427. The van der Waals surface area contributed by atoms with Crippen LogP contribution in [0.2, 0.25) is 0 Å². The zero-order valence-electron chi connectivity index (χ0n) is 12.8. The minimum Gasteiger partial charge on any atom is -0.457 e. The summed E-state index contributed by atoms with van der Waals surface area (Å²) < 4.78 is 7.45. The first-order valence-corrected chi connectivity index (χ1v) is 10.1. The Labute approximate surface area is 152 Å². The summed E-state index contributed by atoms with van der Waals surface area (Å²) in [6.45, 7) is 0. The summed E-state index contributed by atoms with van der Waals surface area (Å²) >= 11 is 4.48. The van der Waals surface area contributed by atoms with Gasteiger partial charge in [-0.1, -0.05) is 53.1 Å². The number of thioether (sulfide) groups is 2. The molecule has 0 amide bonds. The van der Waals surface area contributed by atoms with Crippen molar-refractivity contribution >= 4 is 40.6 Å². The fraction of sp³-hybridized carbons (Fsp3) is 0.118. The first kappa shape index (κ1) is 17.0. The Morgan fingerprint density at radius 3 is 2.33 bits per heavy atom. The molecule has 24 heavy (non-hydrogen) atoms. The maximum atomic E-state index is 12.3. The number of nitrogens with zero attached hydrogens (tertiary/aromatic N) is 2. The van der Waals surface area contributed by atoms with Crippen LogP contribution in [-0.2, 0) is 0 Å². The molecule has 1 heterocycles. The maximum Gasteiger partial charge on any atom is 0.175 e. The van der Waals surface area contributed by atoms with Crippen molar-refractivity contribution in [3.8, 4) is 11.5 Å². The molecule has 0 unspecified atom stereocenters. The normalized spacial score (nSPS) is 10.5. The first-order chi connectivity index (χ1) is 11.7. The van der Waals surface area contributed by atoms with E-state index in [-0.39, 0.29) is 5.78 Å². The topological polar surface area (TPSA) is 52.1 Å². The van der Waals surface area contributed by atoms with Crippen molar-refractivity contribution in [1.82, 2.24) is 10.2 Å². The molecule has 1 aromatic heterocycles. The van der Waals surface area contributed by atoms with Crippen LogP contribution in [0.15, 0.2) is 63.3 Å². The molecule has 3 rings (SSSR count). The van der Waals surface area contributed by atoms with Gasteiger partial charge in [0.05, 0.1) is 5.75 Å². The van der Waals surface area contributed by atoms with Crippen LogP contribution in [0.5, 0.6) is 11.5 Å². The number of hydrogen-bond acceptors (Lipinski definition) is 7. The Morgan fingerprint density at radius 1 is 1.00 bits per heavy atom. The van der Waals surface area contributed by atoms with E-state index in [9.17, 15) is 4.79 Å². The van der Waals surface area contributed by atoms with Crippen molar-refractivity contribution in [2.24, 2.45) is 0 Å². The smallest absolute Gasteiger partial charge is 0.175 e. The van der Waals surface area contributed by atoms with Crippen molar-refractivity contribution in [2.45, 2.75) is 8.68 Å². The lowest BCUT2D eigenvalue weighted by molar-refractivity contribution is 0.102. The molecule has 4 nitrogen and oxygen atoms in total. The summed E-state index contributed by atoms with van der Waals surface area (Å²) in [7, 11) is 0. The highest BCUT2D eigenvalue weighted by Gasteiger charge is 2.10. The van der Waals surface area contributed by atoms with Crippen molar-refractivity contribution in [3.05, 3.63) is 60.2 Å². The number of carbonyl (C=O) groups is 1. The number of hydrogen-bond donors (Lipinski definition) is 0. The van der Waals surface area contributed by atoms with Crippen LogP contribution in [0.3, 0.4) is 0 Å². The van der Waals surface area contributed by atoms with Crippen LogP contribution in [0, 0.1) is 0 Å². The molecule has 0 fully saturated rings. The number of aromatic nitrogens is 2. The number of Topliss-reactive ketones (excluding diaryl/α,β-unsaturated/α-hetero) is 1. The van der Waals surface area contributed by atoms with E-state index < -0.39 is 0 Å². The predicted molar refractivity (Wildman–Crippen MR) is 99.7 cm³/mol. The molecule has 0 bridgehead atoms. The van der Waals surface area contributed by atoms with Gasteiger partial charge in [0.1, 0.15) is 11.5 Å². The molecular weight excluding hydrogens is 360 g/mol. The van der Waals surface area contributed by atoms with Gasteiger partial charge in [0.15, 0.2) is 14.5 Å². The second-order valence-corrected chi connectivity index (χ2v) is 7.94. The van der Waals surface area contributed by atoms with E-state index in [1.165, 1.54) is 23.1 Å². The molecule has 122 valence electrons. The van der Waals surface area contributed by atoms with Crippen LogP contribution in [0.25, 0.3) is 0 Å². The van der Waals surface area contributed by atoms with Gasteiger partial charge >= 0.3 is 0 Å². The third-order valence-electron chi connectivity index (χ3n) is 3.04. The molecule has 7 heteroatoms. The molecule has 0 saturated carbocycles. The van der Waals surface area contributed by atoms with E-state index >= 15 is 0 Å². The number of benzene rings is 2. The lowest BCUT2D eigenvalue weighted by Crippen LogP contribution is -2.02. The van der Waals surface area contributed by atoms with E-state index in [0.717, 1.165) is 14.4 Å². The molecule has 3 aromatic rings. The number of rotatable bonds is 7. The van der Waals surface area contributed by atoms with Gasteiger partial charge < -0.3 is 4.74 Å². The zero-order chi connectivity index (χ0) is 16.8. The highest BCUT2D eigenvalue weighted by atomic mass is 32.2. The van der Waals surface area contributed by atoms with Gasteiger partial charge in [0.2, 0.25) is 0 Å². The highest BCUT2D eigenvalue weighted by molar-refractivity contribution is 8.03. The molecular formula is C17H14N2O2S3. The molecule has 0 saturated heterocycles. The maximum absolute atomic E-state index is 12.3. The van der Waals surface area contributed by atoms with E-state index in [0.29, 0.717) is 17.1 Å². The minimum atomic E-state index is 0.0622. The molecule has 0 N–H and O–H groups in total. The number of ketones is 1. The van der Waals surface area contributed by atoms with Crippen molar-refractivity contribution in [3.63, 3.8) is 0 Å². The Morgan fingerprint density at radius 2 is 1.67 bits per heavy atom. The lowest BCUT2D eigenvalue weighted by atomic mass is 10.1. The van der Waals surface area contributed by atoms with Gasteiger partial charge in [-0.05, 0) is 42.7 Å². The predicted octanol–water partition coefficient (Wildman–Crippen LogP) is 5.03. The second-order valence-electron chi connectivity index (χ2n) is 4.69. The van der Waals surface area contributed by atoms with E-state index in [2.05, 4.69) is 10.2 Å². The van der Waals surface area contributed by atoms with Gasteiger partial charge in [-0.2, -0.15) is 0 Å². The Bertz CT molecular complexity index is 804. The SMILES string of the molecule is CSc1nnc(SCC(=O)c2ccc(Oc3ccccc3)cc2)s1. The van der Waals surface area contributed by atoms with Crippen LogP contribution in [0.1, 0.15) is 10.4 Å². The standard InChI is InChI=1S/C17H14N2O2S3/c1-22-16-18-19-17(24-16)23-11-15(20)12-7-9-14(10-8-12)21-13-5-3-2-4-6-13/h2-10H,11H2,1H3. The number of carbonyl (C=O) groups excluding carboxylic acids is 1. The zero-order valence-corrected chi connectivity index (χ0v) is 15.3. The monoisotopic (exact) mass is 374 g/mol. The van der Waals surface area contributed by atoms with E-state index in [4.69, 9.17) is 4.74 Å².